The van der Waals surface area contributed by atoms with Crippen molar-refractivity contribution in [1.82, 2.24) is 0 Å². The normalized spacial score (nSPS) is 10.2. The Kier molecular flexibility index (Phi) is 3.39. The highest BCUT2D eigenvalue weighted by molar-refractivity contribution is 7.14. The number of thiophene rings is 1. The van der Waals surface area contributed by atoms with Crippen LogP contribution in [0.1, 0.15) is 5.56 Å². The van der Waals surface area contributed by atoms with E-state index in [1.807, 2.05) is 42.3 Å². The summed E-state index contributed by atoms with van der Waals surface area (Å²) in [6.07, 6.45) is 0. The fourth-order valence-corrected chi connectivity index (χ4v) is 2.48. The van der Waals surface area contributed by atoms with Crippen molar-refractivity contribution in [1.29, 1.82) is 0 Å². The first-order valence-electron chi connectivity index (χ1n) is 5.15. The molecule has 0 saturated carbocycles. The molecule has 0 N–H and O–H groups in total. The van der Waals surface area contributed by atoms with E-state index < -0.39 is 0 Å². The van der Waals surface area contributed by atoms with Gasteiger partial charge in [0.25, 0.3) is 0 Å². The molecule has 0 atom stereocenters. The van der Waals surface area contributed by atoms with Crippen molar-refractivity contribution in [2.24, 2.45) is 0 Å². The van der Waals surface area contributed by atoms with E-state index in [2.05, 4.69) is 0 Å². The van der Waals surface area contributed by atoms with Crippen molar-refractivity contribution in [3.63, 3.8) is 0 Å². The van der Waals surface area contributed by atoms with Crippen LogP contribution in [0, 0.1) is 10.1 Å². The van der Waals surface area contributed by atoms with Gasteiger partial charge in [0, 0.05) is 19.7 Å². The maximum absolute atomic E-state index is 10.8. The third-order valence-electron chi connectivity index (χ3n) is 2.43. The standard InChI is InChI=1S/C12H12N2O2S/c1-13(9-10-5-3-2-4-6-10)12-11(14(15)16)7-8-17-12/h2-8H,9H2,1H3. The van der Waals surface area contributed by atoms with Crippen molar-refractivity contribution >= 4 is 22.0 Å². The van der Waals surface area contributed by atoms with Crippen molar-refractivity contribution < 1.29 is 4.92 Å². The molecule has 0 spiro atoms. The molecule has 1 aromatic heterocycles. The summed E-state index contributed by atoms with van der Waals surface area (Å²) in [6.45, 7) is 0.669. The fourth-order valence-electron chi connectivity index (χ4n) is 1.65. The minimum Gasteiger partial charge on any atom is -0.357 e. The molecule has 17 heavy (non-hydrogen) atoms. The van der Waals surface area contributed by atoms with Gasteiger partial charge in [0.05, 0.1) is 4.92 Å². The molecule has 0 saturated heterocycles. The second-order valence-electron chi connectivity index (χ2n) is 3.71. The van der Waals surface area contributed by atoms with Gasteiger partial charge in [-0.25, -0.2) is 0 Å². The summed E-state index contributed by atoms with van der Waals surface area (Å²) in [5.74, 6) is 0. The number of hydrogen-bond donors (Lipinski definition) is 0. The number of nitro groups is 1. The highest BCUT2D eigenvalue weighted by atomic mass is 32.1. The summed E-state index contributed by atoms with van der Waals surface area (Å²) in [4.78, 5) is 12.4. The average Bonchev–Trinajstić information content (AvgIpc) is 2.79. The first kappa shape index (κ1) is 11.6. The smallest absolute Gasteiger partial charge is 0.303 e. The van der Waals surface area contributed by atoms with E-state index >= 15 is 0 Å². The summed E-state index contributed by atoms with van der Waals surface area (Å²) in [7, 11) is 1.87. The SMILES string of the molecule is CN(Cc1ccccc1)c1sccc1[N+](=O)[O-]. The Morgan fingerprint density at radius 2 is 2.00 bits per heavy atom. The molecule has 88 valence electrons. The third kappa shape index (κ3) is 2.62. The lowest BCUT2D eigenvalue weighted by molar-refractivity contribution is -0.383. The summed E-state index contributed by atoms with van der Waals surface area (Å²) in [5, 5.41) is 13.3. The van der Waals surface area contributed by atoms with Crippen LogP contribution in [0.2, 0.25) is 0 Å². The summed E-state index contributed by atoms with van der Waals surface area (Å²) < 4.78 is 0. The van der Waals surface area contributed by atoms with Crippen LogP contribution in [0.25, 0.3) is 0 Å². The van der Waals surface area contributed by atoms with Crippen molar-refractivity contribution in [2.75, 3.05) is 11.9 Å². The Morgan fingerprint density at radius 1 is 1.29 bits per heavy atom. The van der Waals surface area contributed by atoms with Gasteiger partial charge in [-0.2, -0.15) is 0 Å². The molecule has 2 rings (SSSR count). The zero-order valence-electron chi connectivity index (χ0n) is 9.37. The van der Waals surface area contributed by atoms with Crippen molar-refractivity contribution in [2.45, 2.75) is 6.54 Å². The second-order valence-corrected chi connectivity index (χ2v) is 4.60. The third-order valence-corrected chi connectivity index (χ3v) is 3.45. The second kappa shape index (κ2) is 4.97. The summed E-state index contributed by atoms with van der Waals surface area (Å²) >= 11 is 1.39. The van der Waals surface area contributed by atoms with Gasteiger partial charge in [0.1, 0.15) is 0 Å². The lowest BCUT2D eigenvalue weighted by Crippen LogP contribution is -2.15. The van der Waals surface area contributed by atoms with Gasteiger partial charge < -0.3 is 4.90 Å². The highest BCUT2D eigenvalue weighted by Gasteiger charge is 2.18. The molecular weight excluding hydrogens is 236 g/mol. The van der Waals surface area contributed by atoms with E-state index in [9.17, 15) is 10.1 Å². The summed E-state index contributed by atoms with van der Waals surface area (Å²) in [5.41, 5.74) is 1.31. The maximum Gasteiger partial charge on any atom is 0.303 e. The van der Waals surface area contributed by atoms with Crippen LogP contribution in [0.5, 0.6) is 0 Å². The van der Waals surface area contributed by atoms with Crippen molar-refractivity contribution in [3.8, 4) is 0 Å². The Bertz CT molecular complexity index is 510. The molecule has 1 aromatic carbocycles. The predicted molar refractivity (Wildman–Crippen MR) is 69.5 cm³/mol. The Balaban J connectivity index is 2.17. The molecule has 2 aromatic rings. The lowest BCUT2D eigenvalue weighted by atomic mass is 10.2. The van der Waals surface area contributed by atoms with Gasteiger partial charge in [-0.05, 0) is 10.9 Å². The average molecular weight is 248 g/mol. The molecule has 0 bridgehead atoms. The van der Waals surface area contributed by atoms with E-state index in [0.29, 0.717) is 11.5 Å². The fraction of sp³-hybridized carbons (Fsp3) is 0.167. The van der Waals surface area contributed by atoms with E-state index in [1.165, 1.54) is 11.3 Å². The van der Waals surface area contributed by atoms with Crippen LogP contribution < -0.4 is 4.90 Å². The van der Waals surface area contributed by atoms with Crippen LogP contribution in [-0.4, -0.2) is 12.0 Å². The minimum absolute atomic E-state index is 0.174. The Morgan fingerprint density at radius 3 is 2.65 bits per heavy atom. The van der Waals surface area contributed by atoms with Gasteiger partial charge >= 0.3 is 5.69 Å². The largest absolute Gasteiger partial charge is 0.357 e. The van der Waals surface area contributed by atoms with Crippen LogP contribution in [0.15, 0.2) is 41.8 Å². The number of benzene rings is 1. The molecule has 4 nitrogen and oxygen atoms in total. The zero-order chi connectivity index (χ0) is 12.3. The Hall–Kier alpha value is -1.88. The van der Waals surface area contributed by atoms with Crippen molar-refractivity contribution in [3.05, 3.63) is 57.5 Å². The monoisotopic (exact) mass is 248 g/mol. The van der Waals surface area contributed by atoms with E-state index in [4.69, 9.17) is 0 Å². The number of nitrogens with zero attached hydrogens (tertiary/aromatic N) is 2. The predicted octanol–water partition coefficient (Wildman–Crippen LogP) is 3.29. The topological polar surface area (TPSA) is 46.4 Å². The van der Waals surface area contributed by atoms with E-state index in [1.54, 1.807) is 11.4 Å². The van der Waals surface area contributed by atoms with Gasteiger partial charge in [0.15, 0.2) is 5.00 Å². The zero-order valence-corrected chi connectivity index (χ0v) is 10.2. The van der Waals surface area contributed by atoms with E-state index in [0.717, 1.165) is 5.56 Å². The molecule has 5 heteroatoms. The number of anilines is 1. The van der Waals surface area contributed by atoms with E-state index in [-0.39, 0.29) is 10.6 Å². The lowest BCUT2D eigenvalue weighted by Gasteiger charge is -2.16. The van der Waals surface area contributed by atoms with Crippen LogP contribution >= 0.6 is 11.3 Å². The van der Waals surface area contributed by atoms with Gasteiger partial charge in [0.2, 0.25) is 0 Å². The van der Waals surface area contributed by atoms with Gasteiger partial charge in [-0.15, -0.1) is 11.3 Å². The molecule has 0 radical (unpaired) electrons. The molecule has 0 unspecified atom stereocenters. The first-order valence-corrected chi connectivity index (χ1v) is 6.03. The molecular formula is C12H12N2O2S. The highest BCUT2D eigenvalue weighted by Crippen LogP contribution is 2.33. The molecule has 0 aliphatic rings. The maximum atomic E-state index is 10.8. The summed E-state index contributed by atoms with van der Waals surface area (Å²) in [6, 6.07) is 11.4. The molecule has 1 heterocycles. The molecule has 0 aliphatic carbocycles. The Labute approximate surface area is 103 Å². The number of hydrogen-bond acceptors (Lipinski definition) is 4. The number of rotatable bonds is 4. The minimum atomic E-state index is -0.340. The quantitative estimate of drug-likeness (QED) is 0.616. The van der Waals surface area contributed by atoms with Gasteiger partial charge in [-0.3, -0.25) is 10.1 Å². The van der Waals surface area contributed by atoms with Gasteiger partial charge in [-0.1, -0.05) is 30.3 Å². The van der Waals surface area contributed by atoms with Crippen LogP contribution in [-0.2, 0) is 6.54 Å². The van der Waals surface area contributed by atoms with Crippen LogP contribution in [0.3, 0.4) is 0 Å². The molecule has 0 amide bonds. The first-order chi connectivity index (χ1) is 8.18. The molecule has 0 aliphatic heterocycles. The molecule has 0 fully saturated rings. The van der Waals surface area contributed by atoms with Crippen LogP contribution in [0.4, 0.5) is 10.7 Å².